The molecular formula is C10H13NO4. The summed E-state index contributed by atoms with van der Waals surface area (Å²) >= 11 is 0. The molecule has 5 nitrogen and oxygen atoms in total. The minimum Gasteiger partial charge on any atom is -0.504 e. The summed E-state index contributed by atoms with van der Waals surface area (Å²) in [6.45, 7) is 1.99. The van der Waals surface area contributed by atoms with Crippen LogP contribution in [0.1, 0.15) is 6.92 Å². The van der Waals surface area contributed by atoms with Crippen LogP contribution in [0.3, 0.4) is 0 Å². The zero-order valence-electron chi connectivity index (χ0n) is 8.34. The van der Waals surface area contributed by atoms with Crippen molar-refractivity contribution >= 4 is 11.7 Å². The molecule has 0 aromatic heterocycles. The van der Waals surface area contributed by atoms with Crippen LogP contribution in [0.2, 0.25) is 0 Å². The number of carboxylic acid groups (broad SMARTS) is 1. The number of para-hydroxylation sites is 1. The average molecular weight is 211 g/mol. The summed E-state index contributed by atoms with van der Waals surface area (Å²) in [6.07, 6.45) is 0. The minimum absolute atomic E-state index is 0.215. The summed E-state index contributed by atoms with van der Waals surface area (Å²) < 4.78 is 0. The summed E-state index contributed by atoms with van der Waals surface area (Å²) in [5.41, 5.74) is 0.319. The van der Waals surface area contributed by atoms with E-state index < -0.39 is 5.97 Å². The van der Waals surface area contributed by atoms with E-state index in [1.54, 1.807) is 19.1 Å². The van der Waals surface area contributed by atoms with Crippen LogP contribution in [0.5, 0.6) is 11.5 Å². The van der Waals surface area contributed by atoms with Crippen molar-refractivity contribution in [1.29, 1.82) is 0 Å². The Balaban J connectivity index is 3.01. The number of anilines is 1. The van der Waals surface area contributed by atoms with Crippen molar-refractivity contribution in [3.8, 4) is 11.5 Å². The van der Waals surface area contributed by atoms with Gasteiger partial charge in [0.2, 0.25) is 0 Å². The predicted molar refractivity (Wildman–Crippen MR) is 55.3 cm³/mol. The van der Waals surface area contributed by atoms with Gasteiger partial charge >= 0.3 is 5.97 Å². The Bertz CT molecular complexity index is 364. The number of aliphatic carboxylic acids is 1. The maximum Gasteiger partial charge on any atom is 0.323 e. The molecule has 1 rings (SSSR count). The molecule has 0 aliphatic rings. The quantitative estimate of drug-likeness (QED) is 0.647. The first-order valence-corrected chi connectivity index (χ1v) is 4.54. The molecule has 0 heterocycles. The van der Waals surface area contributed by atoms with E-state index in [0.717, 1.165) is 0 Å². The second kappa shape index (κ2) is 4.54. The van der Waals surface area contributed by atoms with E-state index in [2.05, 4.69) is 0 Å². The lowest BCUT2D eigenvalue weighted by Gasteiger charge is -2.21. The van der Waals surface area contributed by atoms with Gasteiger partial charge in [-0.1, -0.05) is 6.07 Å². The standard InChI is InChI=1S/C10H13NO4/c1-2-11(6-9(13)14)7-4-3-5-8(12)10(7)15/h3-5,12,15H,2,6H2,1H3,(H,13,14). The molecule has 0 aliphatic carbocycles. The molecule has 1 aromatic carbocycles. The van der Waals surface area contributed by atoms with Crippen LogP contribution >= 0.6 is 0 Å². The lowest BCUT2D eigenvalue weighted by Crippen LogP contribution is -2.29. The lowest BCUT2D eigenvalue weighted by molar-refractivity contribution is -0.135. The second-order valence-corrected chi connectivity index (χ2v) is 3.05. The number of likely N-dealkylation sites (N-methyl/N-ethyl adjacent to an activating group) is 1. The number of carbonyl (C=O) groups is 1. The summed E-state index contributed by atoms with van der Waals surface area (Å²) in [5.74, 6) is -1.53. The number of nitrogens with zero attached hydrogens (tertiary/aromatic N) is 1. The van der Waals surface area contributed by atoms with Crippen LogP contribution in [-0.2, 0) is 4.79 Å². The summed E-state index contributed by atoms with van der Waals surface area (Å²) in [4.78, 5) is 12.0. The maximum atomic E-state index is 10.6. The zero-order chi connectivity index (χ0) is 11.4. The Morgan fingerprint density at radius 2 is 2.07 bits per heavy atom. The molecule has 0 amide bonds. The van der Waals surface area contributed by atoms with E-state index in [9.17, 15) is 15.0 Å². The van der Waals surface area contributed by atoms with E-state index >= 15 is 0 Å². The van der Waals surface area contributed by atoms with Crippen molar-refractivity contribution in [3.63, 3.8) is 0 Å². The highest BCUT2D eigenvalue weighted by Gasteiger charge is 2.14. The van der Waals surface area contributed by atoms with E-state index in [0.29, 0.717) is 12.2 Å². The largest absolute Gasteiger partial charge is 0.504 e. The number of aromatic hydroxyl groups is 2. The molecule has 3 N–H and O–H groups in total. The Labute approximate surface area is 87.2 Å². The van der Waals surface area contributed by atoms with Crippen molar-refractivity contribution in [2.45, 2.75) is 6.92 Å². The van der Waals surface area contributed by atoms with Gasteiger partial charge in [0.15, 0.2) is 11.5 Å². The fourth-order valence-corrected chi connectivity index (χ4v) is 1.31. The molecule has 0 fully saturated rings. The van der Waals surface area contributed by atoms with Gasteiger partial charge in [-0.2, -0.15) is 0 Å². The van der Waals surface area contributed by atoms with Gasteiger partial charge in [0.25, 0.3) is 0 Å². The van der Waals surface area contributed by atoms with E-state index in [1.165, 1.54) is 11.0 Å². The third kappa shape index (κ3) is 2.52. The maximum absolute atomic E-state index is 10.6. The zero-order valence-corrected chi connectivity index (χ0v) is 8.34. The van der Waals surface area contributed by atoms with Crippen molar-refractivity contribution in [2.24, 2.45) is 0 Å². The molecule has 0 saturated carbocycles. The first-order chi connectivity index (χ1) is 7.06. The summed E-state index contributed by atoms with van der Waals surface area (Å²) in [7, 11) is 0. The molecular weight excluding hydrogens is 198 g/mol. The number of carboxylic acids is 1. The average Bonchev–Trinajstić information content (AvgIpc) is 2.19. The molecule has 0 radical (unpaired) electrons. The van der Waals surface area contributed by atoms with Crippen LogP contribution in [0.25, 0.3) is 0 Å². The van der Waals surface area contributed by atoms with Crippen molar-refractivity contribution < 1.29 is 20.1 Å². The SMILES string of the molecule is CCN(CC(=O)O)c1cccc(O)c1O. The topological polar surface area (TPSA) is 81.0 Å². The third-order valence-electron chi connectivity index (χ3n) is 2.04. The summed E-state index contributed by atoms with van der Waals surface area (Å²) in [6, 6.07) is 4.45. The number of phenolic OH excluding ortho intramolecular Hbond substituents is 2. The highest BCUT2D eigenvalue weighted by Crippen LogP contribution is 2.34. The number of hydrogen-bond acceptors (Lipinski definition) is 4. The van der Waals surface area contributed by atoms with Gasteiger partial charge in [0.1, 0.15) is 6.54 Å². The van der Waals surface area contributed by atoms with Crippen LogP contribution in [0.15, 0.2) is 18.2 Å². The Morgan fingerprint density at radius 1 is 1.40 bits per heavy atom. The highest BCUT2D eigenvalue weighted by atomic mass is 16.4. The highest BCUT2D eigenvalue weighted by molar-refractivity contribution is 5.75. The normalized spacial score (nSPS) is 9.93. The van der Waals surface area contributed by atoms with Gasteiger partial charge in [-0.25, -0.2) is 0 Å². The predicted octanol–water partition coefficient (Wildman–Crippen LogP) is 1.01. The molecule has 0 spiro atoms. The molecule has 82 valence electrons. The second-order valence-electron chi connectivity index (χ2n) is 3.05. The smallest absolute Gasteiger partial charge is 0.323 e. The molecule has 0 saturated heterocycles. The fraction of sp³-hybridized carbons (Fsp3) is 0.300. The fourth-order valence-electron chi connectivity index (χ4n) is 1.31. The molecule has 15 heavy (non-hydrogen) atoms. The first kappa shape index (κ1) is 11.2. The Morgan fingerprint density at radius 3 is 2.60 bits per heavy atom. The van der Waals surface area contributed by atoms with Crippen LogP contribution in [0, 0.1) is 0 Å². The molecule has 0 unspecified atom stereocenters. The van der Waals surface area contributed by atoms with E-state index in [4.69, 9.17) is 5.11 Å². The molecule has 0 bridgehead atoms. The molecule has 1 aromatic rings. The minimum atomic E-state index is -0.986. The molecule has 0 atom stereocenters. The number of benzene rings is 1. The van der Waals surface area contributed by atoms with Crippen LogP contribution in [0.4, 0.5) is 5.69 Å². The van der Waals surface area contributed by atoms with E-state index in [-0.39, 0.29) is 18.0 Å². The number of phenols is 2. The molecule has 5 heteroatoms. The van der Waals surface area contributed by atoms with Crippen molar-refractivity contribution in [3.05, 3.63) is 18.2 Å². The Kier molecular flexibility index (Phi) is 3.38. The van der Waals surface area contributed by atoms with Gasteiger partial charge < -0.3 is 20.2 Å². The Hall–Kier alpha value is -1.91. The van der Waals surface area contributed by atoms with Gasteiger partial charge in [-0.3, -0.25) is 4.79 Å². The van der Waals surface area contributed by atoms with Gasteiger partial charge in [0.05, 0.1) is 5.69 Å². The van der Waals surface area contributed by atoms with Crippen LogP contribution in [-0.4, -0.2) is 34.4 Å². The van der Waals surface area contributed by atoms with Crippen molar-refractivity contribution in [2.75, 3.05) is 18.0 Å². The first-order valence-electron chi connectivity index (χ1n) is 4.54. The van der Waals surface area contributed by atoms with Gasteiger partial charge in [0, 0.05) is 6.54 Å². The van der Waals surface area contributed by atoms with E-state index in [1.807, 2.05) is 0 Å². The van der Waals surface area contributed by atoms with Gasteiger partial charge in [-0.05, 0) is 19.1 Å². The van der Waals surface area contributed by atoms with Crippen molar-refractivity contribution in [1.82, 2.24) is 0 Å². The number of rotatable bonds is 4. The monoisotopic (exact) mass is 211 g/mol. The summed E-state index contributed by atoms with van der Waals surface area (Å²) in [5, 5.41) is 27.4. The lowest BCUT2D eigenvalue weighted by atomic mass is 10.2. The van der Waals surface area contributed by atoms with Gasteiger partial charge in [-0.15, -0.1) is 0 Å². The number of hydrogen-bond donors (Lipinski definition) is 3. The third-order valence-corrected chi connectivity index (χ3v) is 2.04. The molecule has 0 aliphatic heterocycles. The van der Waals surface area contributed by atoms with Crippen LogP contribution < -0.4 is 4.90 Å².